The molecular formula is C23H21F3N8O4S. The number of carbonyl (C=O) groups excluding carboxylic acids is 1. The maximum atomic E-state index is 13.8. The van der Waals surface area contributed by atoms with Gasteiger partial charge in [-0.25, -0.2) is 28.2 Å². The van der Waals surface area contributed by atoms with Crippen molar-refractivity contribution in [1.82, 2.24) is 29.2 Å². The van der Waals surface area contributed by atoms with E-state index in [0.717, 1.165) is 0 Å². The van der Waals surface area contributed by atoms with Gasteiger partial charge in [0, 0.05) is 12.6 Å². The van der Waals surface area contributed by atoms with Crippen LogP contribution in [0, 0.1) is 23.7 Å². The van der Waals surface area contributed by atoms with E-state index in [-0.39, 0.29) is 58.7 Å². The zero-order valence-corrected chi connectivity index (χ0v) is 21.4. The maximum absolute atomic E-state index is 13.8. The SMILES string of the molecule is Cc1ccc(S(=O)(=O)N(OC(=O)C(F)(F)F)C23CCC(C#N)(C2)C3)cc1-c1cnc(N)c(-c2ncn(C)n2)n1. The molecule has 39 heavy (non-hydrogen) atoms. The Bertz CT molecular complexity index is 1640. The van der Waals surface area contributed by atoms with Gasteiger partial charge in [0.25, 0.3) is 10.0 Å². The normalized spacial score (nSPS) is 22.4. The Labute approximate surface area is 220 Å². The highest BCUT2D eigenvalue weighted by molar-refractivity contribution is 7.89. The summed E-state index contributed by atoms with van der Waals surface area (Å²) in [4.78, 5) is 28.6. The van der Waals surface area contributed by atoms with Crippen molar-refractivity contribution in [2.24, 2.45) is 12.5 Å². The van der Waals surface area contributed by atoms with Crippen LogP contribution in [0.5, 0.6) is 0 Å². The van der Waals surface area contributed by atoms with Gasteiger partial charge in [-0.15, -0.1) is 5.10 Å². The lowest BCUT2D eigenvalue weighted by molar-refractivity contribution is -0.241. The number of hydroxylamine groups is 1. The van der Waals surface area contributed by atoms with Crippen molar-refractivity contribution in [2.45, 2.75) is 49.2 Å². The highest BCUT2D eigenvalue weighted by Gasteiger charge is 2.68. The van der Waals surface area contributed by atoms with Crippen LogP contribution in [0.3, 0.4) is 0 Å². The van der Waals surface area contributed by atoms with Gasteiger partial charge in [0.2, 0.25) is 5.82 Å². The van der Waals surface area contributed by atoms with Crippen LogP contribution in [0.1, 0.15) is 31.2 Å². The number of carbonyl (C=O) groups is 1. The fourth-order valence-corrected chi connectivity index (χ4v) is 6.78. The first-order chi connectivity index (χ1) is 18.2. The van der Waals surface area contributed by atoms with Crippen molar-refractivity contribution in [3.05, 3.63) is 36.3 Å². The summed E-state index contributed by atoms with van der Waals surface area (Å²) in [7, 11) is -3.18. The number of anilines is 1. The van der Waals surface area contributed by atoms with E-state index in [9.17, 15) is 31.6 Å². The molecule has 0 amide bonds. The Hall–Kier alpha value is -4.10. The molecule has 2 N–H and O–H groups in total. The Morgan fingerprint density at radius 1 is 1.26 bits per heavy atom. The molecule has 0 spiro atoms. The van der Waals surface area contributed by atoms with Gasteiger partial charge >= 0.3 is 12.1 Å². The predicted molar refractivity (Wildman–Crippen MR) is 127 cm³/mol. The molecule has 6 rings (SSSR count). The van der Waals surface area contributed by atoms with E-state index in [1.807, 2.05) is 0 Å². The minimum absolute atomic E-state index is 0.0305. The molecule has 3 aliphatic carbocycles. The predicted octanol–water partition coefficient (Wildman–Crippen LogP) is 2.68. The summed E-state index contributed by atoms with van der Waals surface area (Å²) >= 11 is 0. The summed E-state index contributed by atoms with van der Waals surface area (Å²) in [5.74, 6) is -2.46. The number of hydrogen-bond acceptors (Lipinski definition) is 10. The third-order valence-corrected chi connectivity index (χ3v) is 8.79. The number of aromatic nitrogens is 5. The molecule has 3 saturated carbocycles. The van der Waals surface area contributed by atoms with Crippen molar-refractivity contribution in [1.29, 1.82) is 5.26 Å². The van der Waals surface area contributed by atoms with Crippen LogP contribution in [0.4, 0.5) is 19.0 Å². The largest absolute Gasteiger partial charge is 0.492 e. The van der Waals surface area contributed by atoms with E-state index in [0.29, 0.717) is 5.56 Å². The number of rotatable bonds is 6. The Morgan fingerprint density at radius 3 is 2.56 bits per heavy atom. The first-order valence-corrected chi connectivity index (χ1v) is 13.0. The molecule has 204 valence electrons. The van der Waals surface area contributed by atoms with Crippen molar-refractivity contribution in [3.8, 4) is 28.8 Å². The molecule has 0 saturated heterocycles. The molecule has 2 bridgehead atoms. The molecule has 0 unspecified atom stereocenters. The number of nitrogen functional groups attached to an aromatic ring is 1. The molecule has 3 aliphatic rings. The number of sulfonamides is 1. The summed E-state index contributed by atoms with van der Waals surface area (Å²) in [6.07, 6.45) is -2.47. The number of nitrogens with two attached hydrogens (primary N) is 1. The zero-order chi connectivity index (χ0) is 28.4. The van der Waals surface area contributed by atoms with Crippen molar-refractivity contribution >= 4 is 21.8 Å². The monoisotopic (exact) mass is 562 g/mol. The van der Waals surface area contributed by atoms with Gasteiger partial charge in [0.1, 0.15) is 6.33 Å². The van der Waals surface area contributed by atoms with Crippen LogP contribution in [0.2, 0.25) is 0 Å². The number of aryl methyl sites for hydroxylation is 2. The maximum Gasteiger partial charge on any atom is 0.492 e. The van der Waals surface area contributed by atoms with E-state index >= 15 is 0 Å². The number of nitriles is 1. The molecule has 2 heterocycles. The third-order valence-electron chi connectivity index (χ3n) is 7.04. The summed E-state index contributed by atoms with van der Waals surface area (Å²) in [6, 6.07) is 5.94. The quantitative estimate of drug-likeness (QED) is 0.441. The van der Waals surface area contributed by atoms with Gasteiger partial charge in [-0.3, -0.25) is 4.68 Å². The molecule has 0 atom stereocenters. The molecule has 3 fully saturated rings. The minimum Gasteiger partial charge on any atom is -0.382 e. The van der Waals surface area contributed by atoms with Gasteiger partial charge < -0.3 is 10.6 Å². The van der Waals surface area contributed by atoms with Gasteiger partial charge in [-0.05, 0) is 54.8 Å². The third kappa shape index (κ3) is 4.36. The molecule has 16 heteroatoms. The van der Waals surface area contributed by atoms with Crippen LogP contribution >= 0.6 is 0 Å². The molecule has 1 aromatic carbocycles. The first-order valence-electron chi connectivity index (χ1n) is 11.6. The number of halogens is 3. The van der Waals surface area contributed by atoms with E-state index < -0.39 is 38.0 Å². The lowest BCUT2D eigenvalue weighted by atomic mass is 9.66. The van der Waals surface area contributed by atoms with Gasteiger partial charge in [0.15, 0.2) is 11.5 Å². The summed E-state index contributed by atoms with van der Waals surface area (Å²) in [5, 5.41) is 13.6. The van der Waals surface area contributed by atoms with Crippen LogP contribution in [0.15, 0.2) is 35.6 Å². The van der Waals surface area contributed by atoms with Crippen molar-refractivity contribution < 1.29 is 31.2 Å². The molecule has 12 nitrogen and oxygen atoms in total. The molecule has 3 aromatic rings. The topological polar surface area (TPSA) is 170 Å². The second-order valence-corrected chi connectivity index (χ2v) is 11.5. The van der Waals surface area contributed by atoms with Crippen LogP contribution < -0.4 is 5.73 Å². The average Bonchev–Trinajstić information content (AvgIpc) is 3.56. The number of fused-ring (bicyclic) bond motifs is 1. The lowest BCUT2D eigenvalue weighted by Crippen LogP contribution is -2.58. The second-order valence-electron chi connectivity index (χ2n) is 9.79. The smallest absolute Gasteiger partial charge is 0.382 e. The number of alkyl halides is 3. The summed E-state index contributed by atoms with van der Waals surface area (Å²) in [6.45, 7) is 1.67. The second kappa shape index (κ2) is 8.71. The first kappa shape index (κ1) is 26.5. The van der Waals surface area contributed by atoms with E-state index in [4.69, 9.17) is 5.73 Å². The fraction of sp³-hybridized carbons (Fsp3) is 0.391. The summed E-state index contributed by atoms with van der Waals surface area (Å²) in [5.41, 5.74) is 4.82. The number of hydrogen-bond donors (Lipinski definition) is 1. The van der Waals surface area contributed by atoms with E-state index in [1.165, 1.54) is 35.4 Å². The highest BCUT2D eigenvalue weighted by Crippen LogP contribution is 2.64. The van der Waals surface area contributed by atoms with Crippen LogP contribution in [-0.2, 0) is 26.7 Å². The number of nitrogens with zero attached hydrogens (tertiary/aromatic N) is 7. The van der Waals surface area contributed by atoms with E-state index in [1.54, 1.807) is 14.0 Å². The molecular weight excluding hydrogens is 541 g/mol. The summed E-state index contributed by atoms with van der Waals surface area (Å²) < 4.78 is 68.5. The minimum atomic E-state index is -5.44. The van der Waals surface area contributed by atoms with Crippen LogP contribution in [0.25, 0.3) is 22.8 Å². The van der Waals surface area contributed by atoms with Crippen molar-refractivity contribution in [2.75, 3.05) is 5.73 Å². The highest BCUT2D eigenvalue weighted by atomic mass is 32.2. The van der Waals surface area contributed by atoms with Gasteiger partial charge in [0.05, 0.1) is 33.8 Å². The average molecular weight is 563 g/mol. The van der Waals surface area contributed by atoms with Gasteiger partial charge in [-0.2, -0.15) is 18.4 Å². The fourth-order valence-electron chi connectivity index (χ4n) is 5.19. The Balaban J connectivity index is 1.57. The molecule has 0 aliphatic heterocycles. The zero-order valence-electron chi connectivity index (χ0n) is 20.6. The van der Waals surface area contributed by atoms with Crippen molar-refractivity contribution in [3.63, 3.8) is 0 Å². The Kier molecular flexibility index (Phi) is 5.92. The van der Waals surface area contributed by atoms with E-state index in [2.05, 4.69) is 31.0 Å². The lowest BCUT2D eigenvalue weighted by Gasteiger charge is -2.47. The number of benzene rings is 1. The molecule has 2 aromatic heterocycles. The standard InChI is InChI=1S/C23H21F3N8O4S/c1-13-3-4-14(7-15(13)16-8-29-18(28)17(31-16)19-30-12-33(2)32-19)39(36,37)34(38-20(35)23(24,25)26)22-6-5-21(9-22,10-22)11-27/h3-4,7-8,12H,5-6,9-10H2,1-2H3,(H2,28,29). The Morgan fingerprint density at radius 2 is 1.97 bits per heavy atom. The molecule has 0 radical (unpaired) electrons. The van der Waals surface area contributed by atoms with Crippen LogP contribution in [-0.4, -0.2) is 55.3 Å². The van der Waals surface area contributed by atoms with Gasteiger partial charge in [-0.1, -0.05) is 6.07 Å².